The van der Waals surface area contributed by atoms with E-state index >= 15 is 0 Å². The fourth-order valence-electron chi connectivity index (χ4n) is 1.76. The first-order valence-corrected chi connectivity index (χ1v) is 7.76. The molecule has 0 aliphatic heterocycles. The van der Waals surface area contributed by atoms with E-state index in [0.29, 0.717) is 5.02 Å². The molecule has 0 aliphatic carbocycles. The van der Waals surface area contributed by atoms with Crippen LogP contribution in [0.5, 0.6) is 0 Å². The molecule has 0 atom stereocenters. The van der Waals surface area contributed by atoms with E-state index in [-0.39, 0.29) is 10.6 Å². The number of halogens is 1. The van der Waals surface area contributed by atoms with Gasteiger partial charge in [0.15, 0.2) is 0 Å². The summed E-state index contributed by atoms with van der Waals surface area (Å²) in [6, 6.07) is 13.5. The standard InChI is InChI=1S/C14H12ClNO4S/c15-11-6-8-13(9-7-11)21(19,20)16(10-14(17)18)12-4-2-1-3-5-12/h1-9H,10H2,(H,17,18)/p-1. The number of sulfonamides is 1. The summed E-state index contributed by atoms with van der Waals surface area (Å²) in [6.45, 7) is -0.769. The molecule has 2 aromatic rings. The summed E-state index contributed by atoms with van der Waals surface area (Å²) in [5.41, 5.74) is 0.247. The summed E-state index contributed by atoms with van der Waals surface area (Å²) >= 11 is 5.73. The maximum absolute atomic E-state index is 12.6. The molecule has 110 valence electrons. The van der Waals surface area contributed by atoms with E-state index < -0.39 is 22.5 Å². The SMILES string of the molecule is O=C([O-])CN(c1ccccc1)S(=O)(=O)c1ccc(Cl)cc1. The molecule has 7 heteroatoms. The lowest BCUT2D eigenvalue weighted by Crippen LogP contribution is -2.41. The quantitative estimate of drug-likeness (QED) is 0.830. The molecule has 0 saturated heterocycles. The molecule has 0 N–H and O–H groups in total. The fraction of sp³-hybridized carbons (Fsp3) is 0.0714. The number of aliphatic carboxylic acids is 1. The van der Waals surface area contributed by atoms with Gasteiger partial charge in [0.2, 0.25) is 0 Å². The Morgan fingerprint density at radius 2 is 1.62 bits per heavy atom. The van der Waals surface area contributed by atoms with Gasteiger partial charge in [0.05, 0.1) is 23.1 Å². The van der Waals surface area contributed by atoms with Gasteiger partial charge >= 0.3 is 0 Å². The van der Waals surface area contributed by atoms with Crippen LogP contribution >= 0.6 is 11.6 Å². The minimum atomic E-state index is -4.01. The first kappa shape index (κ1) is 15.3. The Balaban J connectivity index is 2.49. The Morgan fingerprint density at radius 3 is 2.14 bits per heavy atom. The zero-order chi connectivity index (χ0) is 15.5. The van der Waals surface area contributed by atoms with Crippen LogP contribution in [0.3, 0.4) is 0 Å². The smallest absolute Gasteiger partial charge is 0.264 e. The molecule has 0 aromatic heterocycles. The Morgan fingerprint density at radius 1 is 1.05 bits per heavy atom. The van der Waals surface area contributed by atoms with Gasteiger partial charge in [-0.05, 0) is 36.4 Å². The second-order valence-electron chi connectivity index (χ2n) is 4.17. The highest BCUT2D eigenvalue weighted by molar-refractivity contribution is 7.92. The molecule has 0 saturated carbocycles. The molecular formula is C14H11ClNO4S-. The zero-order valence-corrected chi connectivity index (χ0v) is 12.3. The third-order valence-corrected chi connectivity index (χ3v) is 4.76. The van der Waals surface area contributed by atoms with Crippen molar-refractivity contribution >= 4 is 33.3 Å². The Kier molecular flexibility index (Phi) is 4.50. The van der Waals surface area contributed by atoms with Crippen molar-refractivity contribution in [2.45, 2.75) is 4.90 Å². The monoisotopic (exact) mass is 324 g/mol. The van der Waals surface area contributed by atoms with Crippen molar-refractivity contribution in [3.8, 4) is 0 Å². The summed E-state index contributed by atoms with van der Waals surface area (Å²) in [5, 5.41) is 11.3. The van der Waals surface area contributed by atoms with Crippen LogP contribution in [0.4, 0.5) is 5.69 Å². The van der Waals surface area contributed by atoms with Crippen LogP contribution in [0.25, 0.3) is 0 Å². The van der Waals surface area contributed by atoms with Crippen LogP contribution in [-0.4, -0.2) is 20.9 Å². The van der Waals surface area contributed by atoms with Gasteiger partial charge in [0, 0.05) is 5.02 Å². The van der Waals surface area contributed by atoms with E-state index in [9.17, 15) is 18.3 Å². The van der Waals surface area contributed by atoms with Gasteiger partial charge in [-0.15, -0.1) is 0 Å². The van der Waals surface area contributed by atoms with E-state index in [1.54, 1.807) is 18.2 Å². The van der Waals surface area contributed by atoms with E-state index in [4.69, 9.17) is 11.6 Å². The molecular weight excluding hydrogens is 314 g/mol. The van der Waals surface area contributed by atoms with Crippen molar-refractivity contribution in [3.63, 3.8) is 0 Å². The maximum atomic E-state index is 12.6. The molecule has 0 bridgehead atoms. The van der Waals surface area contributed by atoms with Crippen LogP contribution < -0.4 is 9.41 Å². The van der Waals surface area contributed by atoms with Crippen molar-refractivity contribution in [1.82, 2.24) is 0 Å². The number of hydrogen-bond acceptors (Lipinski definition) is 4. The van der Waals surface area contributed by atoms with E-state index in [1.807, 2.05) is 0 Å². The lowest BCUT2D eigenvalue weighted by atomic mass is 10.3. The Bertz CT molecular complexity index is 729. The zero-order valence-electron chi connectivity index (χ0n) is 10.8. The molecule has 0 amide bonds. The van der Waals surface area contributed by atoms with Crippen molar-refractivity contribution < 1.29 is 18.3 Å². The number of carboxylic acid groups (broad SMARTS) is 1. The summed E-state index contributed by atoms with van der Waals surface area (Å²) in [4.78, 5) is 10.8. The van der Waals surface area contributed by atoms with Crippen LogP contribution in [-0.2, 0) is 14.8 Å². The second-order valence-corrected chi connectivity index (χ2v) is 6.47. The van der Waals surface area contributed by atoms with E-state index in [2.05, 4.69) is 0 Å². The number of nitrogens with zero attached hydrogens (tertiary/aromatic N) is 1. The average molecular weight is 325 g/mol. The highest BCUT2D eigenvalue weighted by Gasteiger charge is 2.24. The predicted octanol–water partition coefficient (Wildman–Crippen LogP) is 1.29. The van der Waals surface area contributed by atoms with E-state index in [1.165, 1.54) is 36.4 Å². The number of carbonyl (C=O) groups is 1. The topological polar surface area (TPSA) is 77.5 Å². The predicted molar refractivity (Wildman–Crippen MR) is 77.4 cm³/mol. The van der Waals surface area contributed by atoms with Gasteiger partial charge in [0.1, 0.15) is 0 Å². The van der Waals surface area contributed by atoms with Crippen molar-refractivity contribution in [3.05, 3.63) is 59.6 Å². The third kappa shape index (κ3) is 3.53. The number of para-hydroxylation sites is 1. The summed E-state index contributed by atoms with van der Waals surface area (Å²) < 4.78 is 25.9. The van der Waals surface area contributed by atoms with Gasteiger partial charge < -0.3 is 9.90 Å². The number of hydrogen-bond donors (Lipinski definition) is 0. The Hall–Kier alpha value is -2.05. The molecule has 5 nitrogen and oxygen atoms in total. The molecule has 2 rings (SSSR count). The summed E-state index contributed by atoms with van der Waals surface area (Å²) in [5.74, 6) is -1.49. The lowest BCUT2D eigenvalue weighted by molar-refractivity contribution is -0.303. The van der Waals surface area contributed by atoms with Crippen molar-refractivity contribution in [1.29, 1.82) is 0 Å². The highest BCUT2D eigenvalue weighted by Crippen LogP contribution is 2.24. The Labute approximate surface area is 127 Å². The maximum Gasteiger partial charge on any atom is 0.264 e. The summed E-state index contributed by atoms with van der Waals surface area (Å²) in [7, 11) is -4.01. The number of rotatable bonds is 5. The van der Waals surface area contributed by atoms with Crippen LogP contribution in [0, 0.1) is 0 Å². The van der Waals surface area contributed by atoms with Gasteiger partial charge in [-0.2, -0.15) is 0 Å². The molecule has 0 spiro atoms. The van der Waals surface area contributed by atoms with Crippen LogP contribution in [0.2, 0.25) is 5.02 Å². The second kappa shape index (κ2) is 6.15. The molecule has 2 aromatic carbocycles. The number of carboxylic acids is 1. The van der Waals surface area contributed by atoms with Crippen LogP contribution in [0.1, 0.15) is 0 Å². The minimum Gasteiger partial charge on any atom is -0.548 e. The van der Waals surface area contributed by atoms with Crippen molar-refractivity contribution in [2.75, 3.05) is 10.8 Å². The molecule has 0 aliphatic rings. The van der Waals surface area contributed by atoms with Crippen molar-refractivity contribution in [2.24, 2.45) is 0 Å². The van der Waals surface area contributed by atoms with E-state index in [0.717, 1.165) is 4.31 Å². The largest absolute Gasteiger partial charge is 0.548 e. The lowest BCUT2D eigenvalue weighted by Gasteiger charge is -2.24. The first-order valence-electron chi connectivity index (χ1n) is 5.94. The molecule has 21 heavy (non-hydrogen) atoms. The molecule has 0 heterocycles. The number of carbonyl (C=O) groups excluding carboxylic acids is 1. The molecule has 0 unspecified atom stereocenters. The molecule has 0 fully saturated rings. The van der Waals surface area contributed by atoms with Gasteiger partial charge in [-0.25, -0.2) is 8.42 Å². The third-order valence-electron chi connectivity index (χ3n) is 2.72. The average Bonchev–Trinajstić information content (AvgIpc) is 2.46. The van der Waals surface area contributed by atoms with Gasteiger partial charge in [-0.1, -0.05) is 29.8 Å². The normalized spacial score (nSPS) is 11.1. The van der Waals surface area contributed by atoms with Gasteiger partial charge in [-0.3, -0.25) is 4.31 Å². The number of benzene rings is 2. The van der Waals surface area contributed by atoms with Gasteiger partial charge in [0.25, 0.3) is 10.0 Å². The number of anilines is 1. The minimum absolute atomic E-state index is 0.0444. The fourth-order valence-corrected chi connectivity index (χ4v) is 3.30. The summed E-state index contributed by atoms with van der Waals surface area (Å²) in [6.07, 6.45) is 0. The highest BCUT2D eigenvalue weighted by atomic mass is 35.5. The van der Waals surface area contributed by atoms with Crippen LogP contribution in [0.15, 0.2) is 59.5 Å². The first-order chi connectivity index (χ1) is 9.91. The molecule has 0 radical (unpaired) electrons.